The van der Waals surface area contributed by atoms with Gasteiger partial charge in [-0.3, -0.25) is 0 Å². The van der Waals surface area contributed by atoms with Crippen LogP contribution >= 0.6 is 23.2 Å². The van der Waals surface area contributed by atoms with Crippen molar-refractivity contribution >= 4 is 39.2 Å². The van der Waals surface area contributed by atoms with Crippen molar-refractivity contribution in [1.82, 2.24) is 4.31 Å². The molecule has 0 unspecified atom stereocenters. The maximum Gasteiger partial charge on any atom is 0.338 e. The standard InChI is InChI=1S/C15H21Cl2NO4S/c1-3-5-9-18(10-6-4-2)23(21,22)12-8-7-11(16)13(14(12)17)15(19)20/h7-8H,3-6,9-10H2,1-2H3,(H,19,20). The average Bonchev–Trinajstić information content (AvgIpc) is 2.46. The zero-order chi connectivity index (χ0) is 17.6. The van der Waals surface area contributed by atoms with Crippen molar-refractivity contribution in [3.8, 4) is 0 Å². The number of carboxylic acid groups (broad SMARTS) is 1. The lowest BCUT2D eigenvalue weighted by molar-refractivity contribution is 0.0697. The van der Waals surface area contributed by atoms with Gasteiger partial charge in [0.05, 0.1) is 15.6 Å². The molecule has 23 heavy (non-hydrogen) atoms. The molecule has 0 spiro atoms. The van der Waals surface area contributed by atoms with E-state index in [0.29, 0.717) is 13.1 Å². The van der Waals surface area contributed by atoms with Crippen LogP contribution in [-0.2, 0) is 10.0 Å². The van der Waals surface area contributed by atoms with E-state index in [9.17, 15) is 18.3 Å². The van der Waals surface area contributed by atoms with Gasteiger partial charge in [-0.25, -0.2) is 13.2 Å². The highest BCUT2D eigenvalue weighted by Gasteiger charge is 2.29. The zero-order valence-corrected chi connectivity index (χ0v) is 15.5. The summed E-state index contributed by atoms with van der Waals surface area (Å²) in [7, 11) is -3.87. The van der Waals surface area contributed by atoms with Gasteiger partial charge in [-0.2, -0.15) is 4.31 Å². The van der Waals surface area contributed by atoms with Gasteiger partial charge in [-0.15, -0.1) is 0 Å². The molecule has 1 aromatic carbocycles. The molecule has 0 heterocycles. The number of unbranched alkanes of at least 4 members (excludes halogenated alkanes) is 2. The van der Waals surface area contributed by atoms with Crippen LogP contribution in [-0.4, -0.2) is 36.9 Å². The predicted octanol–water partition coefficient (Wildman–Crippen LogP) is 4.28. The fourth-order valence-electron chi connectivity index (χ4n) is 2.09. The average molecular weight is 382 g/mol. The molecule has 0 aromatic heterocycles. The van der Waals surface area contributed by atoms with Crippen LogP contribution in [0.15, 0.2) is 17.0 Å². The second-order valence-corrected chi connectivity index (χ2v) is 7.84. The van der Waals surface area contributed by atoms with Gasteiger partial charge in [0, 0.05) is 13.1 Å². The molecule has 0 saturated carbocycles. The Morgan fingerprint density at radius 3 is 2.09 bits per heavy atom. The minimum atomic E-state index is -3.87. The first kappa shape index (κ1) is 20.2. The van der Waals surface area contributed by atoms with Gasteiger partial charge < -0.3 is 5.11 Å². The minimum absolute atomic E-state index is 0.0879. The third-order valence-corrected chi connectivity index (χ3v) is 6.17. The quantitative estimate of drug-likeness (QED) is 0.692. The van der Waals surface area contributed by atoms with Crippen molar-refractivity contribution in [2.24, 2.45) is 0 Å². The van der Waals surface area contributed by atoms with Crippen LogP contribution in [0.2, 0.25) is 10.0 Å². The molecule has 0 fully saturated rings. The van der Waals surface area contributed by atoms with E-state index in [1.807, 2.05) is 13.8 Å². The first-order chi connectivity index (χ1) is 10.8. The zero-order valence-electron chi connectivity index (χ0n) is 13.2. The molecule has 0 amide bonds. The molecule has 1 aromatic rings. The molecule has 8 heteroatoms. The van der Waals surface area contributed by atoms with E-state index >= 15 is 0 Å². The van der Waals surface area contributed by atoms with Gasteiger partial charge in [-0.1, -0.05) is 49.9 Å². The Hall–Kier alpha value is -0.820. The van der Waals surface area contributed by atoms with E-state index in [2.05, 4.69) is 0 Å². The lowest BCUT2D eigenvalue weighted by atomic mass is 10.2. The topological polar surface area (TPSA) is 74.7 Å². The van der Waals surface area contributed by atoms with Crippen molar-refractivity contribution in [1.29, 1.82) is 0 Å². The first-order valence-electron chi connectivity index (χ1n) is 7.48. The summed E-state index contributed by atoms with van der Waals surface area (Å²) in [6.07, 6.45) is 3.15. The number of hydrogen-bond donors (Lipinski definition) is 1. The van der Waals surface area contributed by atoms with Crippen molar-refractivity contribution in [3.63, 3.8) is 0 Å². The van der Waals surface area contributed by atoms with Crippen molar-refractivity contribution in [2.45, 2.75) is 44.4 Å². The molecule has 0 aliphatic carbocycles. The largest absolute Gasteiger partial charge is 0.478 e. The van der Waals surface area contributed by atoms with Gasteiger partial charge >= 0.3 is 5.97 Å². The van der Waals surface area contributed by atoms with E-state index in [-0.39, 0.29) is 20.5 Å². The maximum atomic E-state index is 12.9. The number of rotatable bonds is 9. The second kappa shape index (κ2) is 8.87. The first-order valence-corrected chi connectivity index (χ1v) is 9.68. The van der Waals surface area contributed by atoms with Crippen LogP contribution < -0.4 is 0 Å². The van der Waals surface area contributed by atoms with Crippen LogP contribution in [0.4, 0.5) is 0 Å². The molecule has 0 radical (unpaired) electrons. The number of nitrogens with zero attached hydrogens (tertiary/aromatic N) is 1. The lowest BCUT2D eigenvalue weighted by Gasteiger charge is -2.23. The Balaban J connectivity index is 3.34. The second-order valence-electron chi connectivity index (χ2n) is 5.15. The highest BCUT2D eigenvalue weighted by Crippen LogP contribution is 2.33. The normalized spacial score (nSPS) is 11.9. The fraction of sp³-hybridized carbons (Fsp3) is 0.533. The molecule has 130 valence electrons. The number of hydrogen-bond acceptors (Lipinski definition) is 3. The third kappa shape index (κ3) is 4.83. The molecule has 1 N–H and O–H groups in total. The molecule has 0 aliphatic heterocycles. The summed E-state index contributed by atoms with van der Waals surface area (Å²) in [5, 5.41) is 8.75. The molecule has 1 rings (SSSR count). The Labute approximate surface area is 147 Å². The summed E-state index contributed by atoms with van der Waals surface area (Å²) in [5.74, 6) is -1.36. The van der Waals surface area contributed by atoms with E-state index in [0.717, 1.165) is 25.7 Å². The van der Waals surface area contributed by atoms with Crippen LogP contribution in [0.5, 0.6) is 0 Å². The highest BCUT2D eigenvalue weighted by atomic mass is 35.5. The Bertz CT molecular complexity index is 654. The molecular weight excluding hydrogens is 361 g/mol. The van der Waals surface area contributed by atoms with Crippen molar-refractivity contribution in [2.75, 3.05) is 13.1 Å². The van der Waals surface area contributed by atoms with Gasteiger partial charge in [0.1, 0.15) is 4.90 Å². The Morgan fingerprint density at radius 2 is 1.65 bits per heavy atom. The summed E-state index contributed by atoms with van der Waals surface area (Å²) in [4.78, 5) is 11.0. The summed E-state index contributed by atoms with van der Waals surface area (Å²) in [6.45, 7) is 4.70. The smallest absolute Gasteiger partial charge is 0.338 e. The molecule has 5 nitrogen and oxygen atoms in total. The summed E-state index contributed by atoms with van der Waals surface area (Å²) < 4.78 is 27.1. The summed E-state index contributed by atoms with van der Waals surface area (Å²) in [5.41, 5.74) is -0.389. The van der Waals surface area contributed by atoms with Gasteiger partial charge in [-0.05, 0) is 25.0 Å². The van der Waals surface area contributed by atoms with Gasteiger partial charge in [0.15, 0.2) is 0 Å². The third-order valence-electron chi connectivity index (χ3n) is 3.41. The highest BCUT2D eigenvalue weighted by molar-refractivity contribution is 7.89. The van der Waals surface area contributed by atoms with Crippen LogP contribution in [0.1, 0.15) is 49.9 Å². The molecule has 0 aliphatic rings. The molecular formula is C15H21Cl2NO4S. The van der Waals surface area contributed by atoms with E-state index in [1.54, 1.807) is 0 Å². The number of carbonyl (C=O) groups is 1. The maximum absolute atomic E-state index is 12.9. The molecule has 0 bridgehead atoms. The van der Waals surface area contributed by atoms with Crippen molar-refractivity contribution in [3.05, 3.63) is 27.7 Å². The van der Waals surface area contributed by atoms with Gasteiger partial charge in [0.2, 0.25) is 10.0 Å². The van der Waals surface area contributed by atoms with E-state index in [1.165, 1.54) is 16.4 Å². The van der Waals surface area contributed by atoms with E-state index < -0.39 is 16.0 Å². The minimum Gasteiger partial charge on any atom is -0.478 e. The van der Waals surface area contributed by atoms with Crippen LogP contribution in [0.3, 0.4) is 0 Å². The Morgan fingerprint density at radius 1 is 1.13 bits per heavy atom. The molecule has 0 atom stereocenters. The van der Waals surface area contributed by atoms with Gasteiger partial charge in [0.25, 0.3) is 0 Å². The van der Waals surface area contributed by atoms with Crippen molar-refractivity contribution < 1.29 is 18.3 Å². The van der Waals surface area contributed by atoms with Crippen LogP contribution in [0.25, 0.3) is 0 Å². The summed E-state index contributed by atoms with van der Waals surface area (Å²) in [6, 6.07) is 2.51. The Kier molecular flexibility index (Phi) is 7.80. The molecule has 0 saturated heterocycles. The fourth-order valence-corrected chi connectivity index (χ4v) is 4.50. The van der Waals surface area contributed by atoms with E-state index in [4.69, 9.17) is 23.2 Å². The number of sulfonamides is 1. The number of benzene rings is 1. The van der Waals surface area contributed by atoms with Crippen LogP contribution in [0, 0.1) is 0 Å². The number of carboxylic acids is 1. The SMILES string of the molecule is CCCCN(CCCC)S(=O)(=O)c1ccc(Cl)c(C(=O)O)c1Cl. The summed E-state index contributed by atoms with van der Waals surface area (Å²) >= 11 is 11.9. The predicted molar refractivity (Wildman–Crippen MR) is 92.0 cm³/mol. The number of halogens is 2. The monoisotopic (exact) mass is 381 g/mol. The number of aromatic carboxylic acids is 1. The lowest BCUT2D eigenvalue weighted by Crippen LogP contribution is -2.33.